The van der Waals surface area contributed by atoms with E-state index < -0.39 is 0 Å². The molecule has 2 aromatic rings. The van der Waals surface area contributed by atoms with Crippen LogP contribution >= 0.6 is 12.2 Å². The van der Waals surface area contributed by atoms with Crippen LogP contribution in [-0.2, 0) is 16.1 Å². The van der Waals surface area contributed by atoms with Crippen LogP contribution in [0.2, 0.25) is 0 Å². The molecule has 0 fully saturated rings. The van der Waals surface area contributed by atoms with E-state index in [0.29, 0.717) is 24.3 Å². The minimum atomic E-state index is -0.192. The van der Waals surface area contributed by atoms with Gasteiger partial charge in [0.05, 0.1) is 24.1 Å². The first-order chi connectivity index (χ1) is 8.63. The first-order valence-corrected chi connectivity index (χ1v) is 6.38. The zero-order chi connectivity index (χ0) is 13.1. The van der Waals surface area contributed by atoms with Crippen LogP contribution < -0.4 is 0 Å². The number of aryl methyl sites for hydroxylation is 2. The maximum atomic E-state index is 11.4. The van der Waals surface area contributed by atoms with Gasteiger partial charge < -0.3 is 14.3 Å². The molecule has 1 N–H and O–H groups in total. The molecule has 0 radical (unpaired) electrons. The summed E-state index contributed by atoms with van der Waals surface area (Å²) in [6.45, 7) is 4.80. The van der Waals surface area contributed by atoms with Crippen LogP contribution in [0.5, 0.6) is 0 Å². The van der Waals surface area contributed by atoms with Gasteiger partial charge in [-0.3, -0.25) is 4.79 Å². The van der Waals surface area contributed by atoms with Gasteiger partial charge in [-0.05, 0) is 37.7 Å². The molecule has 0 aliphatic rings. The number of carbonyl (C=O) groups is 1. The summed E-state index contributed by atoms with van der Waals surface area (Å²) in [5.74, 6) is -0.192. The number of imidazole rings is 1. The quantitative estimate of drug-likeness (QED) is 0.682. The molecule has 1 aromatic heterocycles. The number of esters is 1. The molecule has 0 saturated carbocycles. The lowest BCUT2D eigenvalue weighted by Gasteiger charge is -2.06. The number of benzene rings is 1. The number of nitrogens with one attached hydrogen (secondary N) is 1. The summed E-state index contributed by atoms with van der Waals surface area (Å²) in [5.41, 5.74) is 3.21. The van der Waals surface area contributed by atoms with Crippen LogP contribution in [0.25, 0.3) is 11.0 Å². The van der Waals surface area contributed by atoms with Gasteiger partial charge in [-0.25, -0.2) is 0 Å². The molecule has 1 heterocycles. The molecule has 0 amide bonds. The van der Waals surface area contributed by atoms with E-state index >= 15 is 0 Å². The lowest BCUT2D eigenvalue weighted by Crippen LogP contribution is -2.09. The number of fused-ring (bicyclic) bond motifs is 1. The number of para-hydroxylation sites is 1. The summed E-state index contributed by atoms with van der Waals surface area (Å²) < 4.78 is 7.52. The normalized spacial score (nSPS) is 10.8. The Kier molecular flexibility index (Phi) is 3.81. The van der Waals surface area contributed by atoms with Gasteiger partial charge in [0.25, 0.3) is 0 Å². The van der Waals surface area contributed by atoms with E-state index in [0.717, 1.165) is 16.6 Å². The second-order valence-electron chi connectivity index (χ2n) is 4.11. The predicted octanol–water partition coefficient (Wildman–Crippen LogP) is 2.96. The van der Waals surface area contributed by atoms with Crippen molar-refractivity contribution in [1.82, 2.24) is 9.55 Å². The molecule has 0 aliphatic heterocycles. The van der Waals surface area contributed by atoms with Crippen molar-refractivity contribution in [2.45, 2.75) is 26.8 Å². The molecule has 4 nitrogen and oxygen atoms in total. The monoisotopic (exact) mass is 264 g/mol. The largest absolute Gasteiger partial charge is 0.466 e. The third-order valence-corrected chi connectivity index (χ3v) is 3.16. The van der Waals surface area contributed by atoms with E-state index in [1.54, 1.807) is 6.92 Å². The Labute approximate surface area is 111 Å². The zero-order valence-corrected chi connectivity index (χ0v) is 11.3. The van der Waals surface area contributed by atoms with Gasteiger partial charge in [0.1, 0.15) is 0 Å². The Bertz CT molecular complexity index is 627. The van der Waals surface area contributed by atoms with Crippen LogP contribution in [0.1, 0.15) is 18.9 Å². The Morgan fingerprint density at radius 3 is 3.00 bits per heavy atom. The molecule has 0 aliphatic carbocycles. The van der Waals surface area contributed by atoms with Gasteiger partial charge in [0.2, 0.25) is 0 Å². The Morgan fingerprint density at radius 2 is 2.28 bits per heavy atom. The number of nitrogens with zero attached hydrogens (tertiary/aromatic N) is 1. The van der Waals surface area contributed by atoms with E-state index in [4.69, 9.17) is 17.0 Å². The molecule has 0 saturated heterocycles. The van der Waals surface area contributed by atoms with Gasteiger partial charge in [0.15, 0.2) is 4.77 Å². The number of H-pyrrole nitrogens is 1. The fourth-order valence-electron chi connectivity index (χ4n) is 2.05. The van der Waals surface area contributed by atoms with Crippen molar-refractivity contribution in [1.29, 1.82) is 0 Å². The van der Waals surface area contributed by atoms with Crippen molar-refractivity contribution < 1.29 is 9.53 Å². The fourth-order valence-corrected chi connectivity index (χ4v) is 2.34. The highest BCUT2D eigenvalue weighted by atomic mass is 32.1. The first-order valence-electron chi connectivity index (χ1n) is 5.97. The maximum Gasteiger partial charge on any atom is 0.307 e. The van der Waals surface area contributed by atoms with E-state index in [1.165, 1.54) is 0 Å². The van der Waals surface area contributed by atoms with Crippen LogP contribution in [0.15, 0.2) is 18.2 Å². The highest BCUT2D eigenvalue weighted by Gasteiger charge is 2.09. The smallest absolute Gasteiger partial charge is 0.307 e. The molecule has 0 unspecified atom stereocenters. The van der Waals surface area contributed by atoms with Crippen molar-refractivity contribution in [3.63, 3.8) is 0 Å². The number of hydrogen-bond donors (Lipinski definition) is 1. The van der Waals surface area contributed by atoms with Crippen molar-refractivity contribution in [2.24, 2.45) is 0 Å². The lowest BCUT2D eigenvalue weighted by atomic mass is 10.2. The Hall–Kier alpha value is -1.62. The summed E-state index contributed by atoms with van der Waals surface area (Å²) in [4.78, 5) is 14.5. The maximum absolute atomic E-state index is 11.4. The number of hydrogen-bond acceptors (Lipinski definition) is 3. The second kappa shape index (κ2) is 5.35. The number of aromatic amines is 1. The van der Waals surface area contributed by atoms with Crippen molar-refractivity contribution in [3.05, 3.63) is 28.5 Å². The molecule has 1 aromatic carbocycles. The molecule has 2 rings (SSSR count). The minimum Gasteiger partial charge on any atom is -0.466 e. The summed E-state index contributed by atoms with van der Waals surface area (Å²) in [6.07, 6.45) is 0.337. The SMILES string of the molecule is CCOC(=O)CCn1c(=S)[nH]c2cccc(C)c21. The molecule has 5 heteroatoms. The van der Waals surface area contributed by atoms with E-state index in [9.17, 15) is 4.79 Å². The van der Waals surface area contributed by atoms with Crippen molar-refractivity contribution in [3.8, 4) is 0 Å². The average molecular weight is 264 g/mol. The summed E-state index contributed by atoms with van der Waals surface area (Å²) in [5, 5.41) is 0. The fraction of sp³-hybridized carbons (Fsp3) is 0.385. The zero-order valence-electron chi connectivity index (χ0n) is 10.5. The molecule has 18 heavy (non-hydrogen) atoms. The molecule has 0 bridgehead atoms. The summed E-state index contributed by atoms with van der Waals surface area (Å²) >= 11 is 5.28. The van der Waals surface area contributed by atoms with Gasteiger partial charge in [-0.15, -0.1) is 0 Å². The van der Waals surface area contributed by atoms with Gasteiger partial charge in [-0.2, -0.15) is 0 Å². The van der Waals surface area contributed by atoms with Crippen molar-refractivity contribution in [2.75, 3.05) is 6.61 Å². The summed E-state index contributed by atoms with van der Waals surface area (Å²) in [7, 11) is 0. The summed E-state index contributed by atoms with van der Waals surface area (Å²) in [6, 6.07) is 6.00. The minimum absolute atomic E-state index is 0.192. The highest BCUT2D eigenvalue weighted by Crippen LogP contribution is 2.18. The highest BCUT2D eigenvalue weighted by molar-refractivity contribution is 7.71. The average Bonchev–Trinajstić information content (AvgIpc) is 2.64. The van der Waals surface area contributed by atoms with Gasteiger partial charge in [-0.1, -0.05) is 12.1 Å². The lowest BCUT2D eigenvalue weighted by molar-refractivity contribution is -0.143. The van der Waals surface area contributed by atoms with Crippen LogP contribution in [0.4, 0.5) is 0 Å². The van der Waals surface area contributed by atoms with Crippen LogP contribution in [0.3, 0.4) is 0 Å². The van der Waals surface area contributed by atoms with Gasteiger partial charge in [0, 0.05) is 6.54 Å². The molecule has 0 atom stereocenters. The number of ether oxygens (including phenoxy) is 1. The molecular formula is C13H16N2O2S. The predicted molar refractivity (Wildman–Crippen MR) is 73.1 cm³/mol. The second-order valence-corrected chi connectivity index (χ2v) is 4.49. The number of aromatic nitrogens is 2. The molecule has 0 spiro atoms. The van der Waals surface area contributed by atoms with E-state index in [-0.39, 0.29) is 5.97 Å². The topological polar surface area (TPSA) is 47.0 Å². The Morgan fingerprint density at radius 1 is 1.50 bits per heavy atom. The molecule has 96 valence electrons. The van der Waals surface area contributed by atoms with E-state index in [2.05, 4.69) is 4.98 Å². The third kappa shape index (κ3) is 2.46. The third-order valence-electron chi connectivity index (χ3n) is 2.84. The van der Waals surface area contributed by atoms with E-state index in [1.807, 2.05) is 29.7 Å². The Balaban J connectivity index is 2.30. The van der Waals surface area contributed by atoms with Crippen LogP contribution in [-0.4, -0.2) is 22.1 Å². The molecular weight excluding hydrogens is 248 g/mol. The number of carbonyl (C=O) groups excluding carboxylic acids is 1. The van der Waals surface area contributed by atoms with Crippen molar-refractivity contribution >= 4 is 29.2 Å². The van der Waals surface area contributed by atoms with Crippen LogP contribution in [0, 0.1) is 11.7 Å². The van der Waals surface area contributed by atoms with Gasteiger partial charge >= 0.3 is 5.97 Å². The first kappa shape index (κ1) is 12.8. The standard InChI is InChI=1S/C13H16N2O2S/c1-3-17-11(16)7-8-15-12-9(2)5-4-6-10(12)14-13(15)18/h4-6H,3,7-8H2,1-2H3,(H,14,18). The number of rotatable bonds is 4.